The van der Waals surface area contributed by atoms with Crippen molar-refractivity contribution in [2.75, 3.05) is 18.5 Å². The van der Waals surface area contributed by atoms with Crippen molar-refractivity contribution in [3.63, 3.8) is 0 Å². The second kappa shape index (κ2) is 6.41. The van der Waals surface area contributed by atoms with Crippen molar-refractivity contribution >= 4 is 44.5 Å². The fourth-order valence-electron chi connectivity index (χ4n) is 3.29. The highest BCUT2D eigenvalue weighted by molar-refractivity contribution is 9.10. The van der Waals surface area contributed by atoms with Crippen molar-refractivity contribution in [1.82, 2.24) is 29.9 Å². The van der Waals surface area contributed by atoms with E-state index < -0.39 is 12.1 Å². The molecule has 4 rings (SSSR count). The standard InChI is InChI=1S/C15H16BrN7O3/c1-17-8-5-22(9(8)3-11(24)15(25)26)13-14-21-19-6-23(14)10-2-7(16)4-18-12(10)20-13/h2,4,6,8-9,11,17,24H,3,5H2,1H3,(H,25,26)/t8?,9?,11-/m0/s1. The first-order valence-corrected chi connectivity index (χ1v) is 8.78. The van der Waals surface area contributed by atoms with E-state index in [1.165, 1.54) is 0 Å². The summed E-state index contributed by atoms with van der Waals surface area (Å²) in [5.74, 6) is -0.670. The lowest BCUT2D eigenvalue weighted by molar-refractivity contribution is -0.147. The maximum absolute atomic E-state index is 11.0. The molecular weight excluding hydrogens is 406 g/mol. The second-order valence-electron chi connectivity index (χ2n) is 6.16. The van der Waals surface area contributed by atoms with E-state index in [-0.39, 0.29) is 18.5 Å². The van der Waals surface area contributed by atoms with Gasteiger partial charge in [0.05, 0.1) is 11.6 Å². The number of aliphatic hydroxyl groups excluding tert-OH is 1. The van der Waals surface area contributed by atoms with E-state index in [2.05, 4.69) is 41.4 Å². The number of aromatic nitrogens is 5. The molecule has 0 amide bonds. The lowest BCUT2D eigenvalue weighted by Crippen LogP contribution is -2.66. The Kier molecular flexibility index (Phi) is 4.21. The SMILES string of the molecule is CNC1CN(c2nc3ncc(Br)cc3n3cnnc23)C1C[C@H](O)C(=O)O. The summed E-state index contributed by atoms with van der Waals surface area (Å²) in [6, 6.07) is 1.70. The Labute approximate surface area is 156 Å². The molecule has 0 saturated carbocycles. The number of fused-ring (bicyclic) bond motifs is 3. The number of rotatable bonds is 5. The van der Waals surface area contributed by atoms with Crippen molar-refractivity contribution < 1.29 is 15.0 Å². The Morgan fingerprint density at radius 1 is 1.54 bits per heavy atom. The van der Waals surface area contributed by atoms with Gasteiger partial charge in [0, 0.05) is 29.7 Å². The predicted molar refractivity (Wildman–Crippen MR) is 96.0 cm³/mol. The van der Waals surface area contributed by atoms with Crippen LogP contribution in [0.25, 0.3) is 16.8 Å². The molecule has 11 heteroatoms. The molecule has 136 valence electrons. The van der Waals surface area contributed by atoms with Crippen LogP contribution < -0.4 is 10.2 Å². The van der Waals surface area contributed by atoms with E-state index in [9.17, 15) is 9.90 Å². The summed E-state index contributed by atoms with van der Waals surface area (Å²) < 4.78 is 2.61. The van der Waals surface area contributed by atoms with Gasteiger partial charge in [-0.25, -0.2) is 14.8 Å². The average Bonchev–Trinajstić information content (AvgIpc) is 3.09. The van der Waals surface area contributed by atoms with Crippen molar-refractivity contribution in [3.05, 3.63) is 23.1 Å². The number of carboxylic acid groups (broad SMARTS) is 1. The Morgan fingerprint density at radius 3 is 3.08 bits per heavy atom. The van der Waals surface area contributed by atoms with Crippen LogP contribution in [0.4, 0.5) is 5.82 Å². The molecule has 4 heterocycles. The van der Waals surface area contributed by atoms with Crippen LogP contribution in [0.2, 0.25) is 0 Å². The van der Waals surface area contributed by atoms with Gasteiger partial charge in [0.1, 0.15) is 6.33 Å². The summed E-state index contributed by atoms with van der Waals surface area (Å²) in [5, 5.41) is 30.1. The van der Waals surface area contributed by atoms with Gasteiger partial charge in [-0.3, -0.25) is 4.40 Å². The van der Waals surface area contributed by atoms with Crippen LogP contribution in [-0.4, -0.2) is 72.5 Å². The summed E-state index contributed by atoms with van der Waals surface area (Å²) in [6.45, 7) is 0.616. The number of carbonyl (C=O) groups is 1. The molecule has 1 fully saturated rings. The van der Waals surface area contributed by atoms with Gasteiger partial charge in [0.25, 0.3) is 0 Å². The monoisotopic (exact) mass is 421 g/mol. The number of anilines is 1. The van der Waals surface area contributed by atoms with Gasteiger partial charge < -0.3 is 20.4 Å². The van der Waals surface area contributed by atoms with Crippen molar-refractivity contribution in [1.29, 1.82) is 0 Å². The van der Waals surface area contributed by atoms with Crippen molar-refractivity contribution in [3.8, 4) is 0 Å². The minimum atomic E-state index is -1.44. The van der Waals surface area contributed by atoms with Crippen molar-refractivity contribution in [2.45, 2.75) is 24.6 Å². The van der Waals surface area contributed by atoms with E-state index in [0.717, 1.165) is 9.99 Å². The molecule has 0 aromatic carbocycles. The van der Waals surface area contributed by atoms with Gasteiger partial charge in [-0.05, 0) is 29.0 Å². The number of likely N-dealkylation sites (N-methyl/N-ethyl adjacent to an activating group) is 1. The highest BCUT2D eigenvalue weighted by Gasteiger charge is 2.42. The molecule has 0 bridgehead atoms. The number of carboxylic acids is 1. The Morgan fingerprint density at radius 2 is 2.35 bits per heavy atom. The fraction of sp³-hybridized carbons (Fsp3) is 0.400. The molecule has 3 aromatic rings. The zero-order valence-corrected chi connectivity index (χ0v) is 15.3. The van der Waals surface area contributed by atoms with Gasteiger partial charge in [0.15, 0.2) is 17.6 Å². The van der Waals surface area contributed by atoms with Crippen LogP contribution in [0.1, 0.15) is 6.42 Å². The molecule has 1 aliphatic rings. The van der Waals surface area contributed by atoms with Crippen molar-refractivity contribution in [2.24, 2.45) is 0 Å². The number of aliphatic hydroxyl groups is 1. The zero-order valence-electron chi connectivity index (χ0n) is 13.7. The van der Waals surface area contributed by atoms with Gasteiger partial charge in [-0.1, -0.05) is 0 Å². The van der Waals surface area contributed by atoms with Crippen LogP contribution in [0, 0.1) is 0 Å². The summed E-state index contributed by atoms with van der Waals surface area (Å²) in [4.78, 5) is 21.9. The smallest absolute Gasteiger partial charge is 0.332 e. The van der Waals surface area contributed by atoms with E-state index in [1.54, 1.807) is 16.9 Å². The third-order valence-corrected chi connectivity index (χ3v) is 5.12. The first-order chi connectivity index (χ1) is 12.5. The molecule has 1 aliphatic heterocycles. The number of hydrogen-bond donors (Lipinski definition) is 3. The molecule has 10 nitrogen and oxygen atoms in total. The maximum atomic E-state index is 11.0. The third kappa shape index (κ3) is 2.68. The maximum Gasteiger partial charge on any atom is 0.332 e. The molecule has 3 atom stereocenters. The molecule has 0 aliphatic carbocycles. The number of nitrogens with zero attached hydrogens (tertiary/aromatic N) is 6. The topological polar surface area (TPSA) is 129 Å². The normalized spacial score (nSPS) is 21.1. The molecule has 0 radical (unpaired) electrons. The number of pyridine rings is 1. The highest BCUT2D eigenvalue weighted by Crippen LogP contribution is 2.32. The number of nitrogens with one attached hydrogen (secondary N) is 1. The van der Waals surface area contributed by atoms with Crippen LogP contribution in [-0.2, 0) is 4.79 Å². The first-order valence-electron chi connectivity index (χ1n) is 7.99. The lowest BCUT2D eigenvalue weighted by Gasteiger charge is -2.49. The van der Waals surface area contributed by atoms with Gasteiger partial charge >= 0.3 is 5.97 Å². The fourth-order valence-corrected chi connectivity index (χ4v) is 3.61. The first kappa shape index (κ1) is 17.1. The summed E-state index contributed by atoms with van der Waals surface area (Å²) in [6.07, 6.45) is 1.89. The number of halogens is 1. The Bertz CT molecular complexity index is 994. The van der Waals surface area contributed by atoms with E-state index >= 15 is 0 Å². The quantitative estimate of drug-likeness (QED) is 0.522. The molecule has 3 N–H and O–H groups in total. The minimum absolute atomic E-state index is 0.0438. The highest BCUT2D eigenvalue weighted by atomic mass is 79.9. The van der Waals surface area contributed by atoms with E-state index in [1.807, 2.05) is 18.0 Å². The molecule has 1 saturated heterocycles. The second-order valence-corrected chi connectivity index (χ2v) is 7.08. The van der Waals surface area contributed by atoms with Crippen LogP contribution in [0.15, 0.2) is 23.1 Å². The van der Waals surface area contributed by atoms with E-state index in [0.29, 0.717) is 23.7 Å². The molecular formula is C15H16BrN7O3. The zero-order chi connectivity index (χ0) is 18.4. The van der Waals surface area contributed by atoms with Gasteiger partial charge in [-0.15, -0.1) is 10.2 Å². The summed E-state index contributed by atoms with van der Waals surface area (Å²) >= 11 is 3.40. The molecule has 0 spiro atoms. The Balaban J connectivity index is 1.78. The van der Waals surface area contributed by atoms with Crippen LogP contribution >= 0.6 is 15.9 Å². The number of aliphatic carboxylic acids is 1. The Hall–Kier alpha value is -2.37. The molecule has 2 unspecified atom stereocenters. The number of hydrogen-bond acceptors (Lipinski definition) is 8. The molecule has 3 aromatic heterocycles. The minimum Gasteiger partial charge on any atom is -0.479 e. The largest absolute Gasteiger partial charge is 0.479 e. The average molecular weight is 422 g/mol. The van der Waals surface area contributed by atoms with Gasteiger partial charge in [0.2, 0.25) is 5.65 Å². The van der Waals surface area contributed by atoms with Gasteiger partial charge in [-0.2, -0.15) is 0 Å². The summed E-state index contributed by atoms with van der Waals surface area (Å²) in [5.41, 5.74) is 1.85. The summed E-state index contributed by atoms with van der Waals surface area (Å²) in [7, 11) is 1.81. The van der Waals surface area contributed by atoms with E-state index in [4.69, 9.17) is 5.11 Å². The predicted octanol–water partition coefficient (Wildman–Crippen LogP) is 0.0472. The van der Waals surface area contributed by atoms with Crippen LogP contribution in [0.5, 0.6) is 0 Å². The lowest BCUT2D eigenvalue weighted by atomic mass is 9.91. The van der Waals surface area contributed by atoms with Crippen LogP contribution in [0.3, 0.4) is 0 Å². The third-order valence-electron chi connectivity index (χ3n) is 4.68. The molecule has 26 heavy (non-hydrogen) atoms.